The molecule has 2 N–H and O–H groups in total. The summed E-state index contributed by atoms with van der Waals surface area (Å²) in [5.41, 5.74) is -0.343. The van der Waals surface area contributed by atoms with Crippen LogP contribution in [0.5, 0.6) is 0 Å². The first-order valence-electron chi connectivity index (χ1n) is 11.1. The Labute approximate surface area is 196 Å². The predicted octanol–water partition coefficient (Wildman–Crippen LogP) is 5.05. The number of pyridine rings is 1. The molecule has 33 heavy (non-hydrogen) atoms. The fourth-order valence-electron chi connectivity index (χ4n) is 3.82. The van der Waals surface area contributed by atoms with Gasteiger partial charge in [0, 0.05) is 29.3 Å². The van der Waals surface area contributed by atoms with Crippen LogP contribution in [0.25, 0.3) is 0 Å². The molecule has 2 fully saturated rings. The number of alkyl halides is 1. The summed E-state index contributed by atoms with van der Waals surface area (Å²) < 4.78 is 14.9. The number of rotatable bonds is 8. The lowest BCUT2D eigenvalue weighted by Gasteiger charge is -2.45. The zero-order chi connectivity index (χ0) is 22.8. The number of anilines is 4. The smallest absolute Gasteiger partial charge is 0.224 e. The number of carbonyl (C=O) groups excluding carboxylic acids is 1. The zero-order valence-electron chi connectivity index (χ0n) is 18.3. The molecule has 2 aromatic heterocycles. The summed E-state index contributed by atoms with van der Waals surface area (Å²) >= 11 is 1.41. The second-order valence-corrected chi connectivity index (χ2v) is 9.47. The molecule has 9 heteroatoms. The van der Waals surface area contributed by atoms with Crippen LogP contribution >= 0.6 is 11.8 Å². The van der Waals surface area contributed by atoms with E-state index in [-0.39, 0.29) is 11.8 Å². The molecular formula is C24H25FN6OS. The van der Waals surface area contributed by atoms with Gasteiger partial charge >= 0.3 is 0 Å². The van der Waals surface area contributed by atoms with Crippen LogP contribution < -0.4 is 15.5 Å². The Hall–Kier alpha value is -3.20. The number of carbonyl (C=O) groups is 1. The minimum Gasteiger partial charge on any atom is -0.350 e. The van der Waals surface area contributed by atoms with Crippen LogP contribution in [0.3, 0.4) is 0 Å². The standard InChI is InChI=1S/C24H25FN6OS/c1-2-22(32)27-17-8-10-18(11-9-17)33-23-29-20(28-19-5-3-4-12-26-19)13-21(30-23)31-14-24(25,15-31)16-6-7-16/h3-5,8-13,16H,2,6-7,14-15H2,1H3,(H,27,32)(H,26,28,29,30). The molecule has 7 nitrogen and oxygen atoms in total. The number of hydrogen-bond donors (Lipinski definition) is 2. The average Bonchev–Trinajstić information content (AvgIpc) is 3.65. The number of nitrogens with zero attached hydrogens (tertiary/aromatic N) is 4. The van der Waals surface area contributed by atoms with Crippen LogP contribution in [0.4, 0.5) is 27.5 Å². The Balaban J connectivity index is 1.36. The fourth-order valence-corrected chi connectivity index (χ4v) is 4.59. The summed E-state index contributed by atoms with van der Waals surface area (Å²) in [6, 6.07) is 15.0. The van der Waals surface area contributed by atoms with E-state index in [0.717, 1.165) is 23.4 Å². The summed E-state index contributed by atoms with van der Waals surface area (Å²) in [4.78, 5) is 28.1. The highest BCUT2D eigenvalue weighted by Crippen LogP contribution is 2.48. The first kappa shape index (κ1) is 21.6. The molecule has 3 aromatic rings. The minimum absolute atomic E-state index is 0.0265. The molecule has 0 radical (unpaired) electrons. The van der Waals surface area contributed by atoms with E-state index in [4.69, 9.17) is 4.98 Å². The van der Waals surface area contributed by atoms with Gasteiger partial charge < -0.3 is 15.5 Å². The largest absolute Gasteiger partial charge is 0.350 e. The van der Waals surface area contributed by atoms with Gasteiger partial charge in [-0.05, 0) is 66.9 Å². The van der Waals surface area contributed by atoms with Crippen molar-refractivity contribution < 1.29 is 9.18 Å². The second kappa shape index (κ2) is 8.97. The minimum atomic E-state index is -1.09. The molecular weight excluding hydrogens is 439 g/mol. The molecule has 2 aliphatic rings. The van der Waals surface area contributed by atoms with Crippen LogP contribution in [0.1, 0.15) is 26.2 Å². The van der Waals surface area contributed by atoms with Crippen molar-refractivity contribution in [3.05, 3.63) is 54.7 Å². The van der Waals surface area contributed by atoms with E-state index in [1.165, 1.54) is 11.8 Å². The molecule has 1 amide bonds. The molecule has 0 atom stereocenters. The van der Waals surface area contributed by atoms with Gasteiger partial charge in [-0.15, -0.1) is 0 Å². The van der Waals surface area contributed by atoms with Crippen molar-refractivity contribution >= 4 is 40.8 Å². The number of aromatic nitrogens is 3. The molecule has 0 unspecified atom stereocenters. The monoisotopic (exact) mass is 464 g/mol. The number of amides is 1. The predicted molar refractivity (Wildman–Crippen MR) is 128 cm³/mol. The molecule has 5 rings (SSSR count). The summed E-state index contributed by atoms with van der Waals surface area (Å²) in [6.07, 6.45) is 4.11. The van der Waals surface area contributed by atoms with Gasteiger partial charge in [0.2, 0.25) is 5.91 Å². The van der Waals surface area contributed by atoms with E-state index in [0.29, 0.717) is 42.1 Å². The molecule has 3 heterocycles. The van der Waals surface area contributed by atoms with E-state index in [2.05, 4.69) is 20.6 Å². The number of benzene rings is 1. The van der Waals surface area contributed by atoms with Crippen LogP contribution in [0.2, 0.25) is 0 Å². The van der Waals surface area contributed by atoms with Crippen molar-refractivity contribution in [1.82, 2.24) is 15.0 Å². The SMILES string of the molecule is CCC(=O)Nc1ccc(Sc2nc(Nc3ccccn3)cc(N3CC(F)(C4CC4)C3)n2)cc1. The maximum absolute atomic E-state index is 14.9. The lowest BCUT2D eigenvalue weighted by molar-refractivity contribution is -0.115. The molecule has 0 spiro atoms. The average molecular weight is 465 g/mol. The Morgan fingerprint density at radius 3 is 2.61 bits per heavy atom. The lowest BCUT2D eigenvalue weighted by Crippen LogP contribution is -2.60. The van der Waals surface area contributed by atoms with Crippen molar-refractivity contribution in [2.24, 2.45) is 5.92 Å². The van der Waals surface area contributed by atoms with Gasteiger partial charge in [0.15, 0.2) is 5.16 Å². The Morgan fingerprint density at radius 2 is 1.94 bits per heavy atom. The number of halogens is 1. The van der Waals surface area contributed by atoms with Gasteiger partial charge in [-0.25, -0.2) is 19.3 Å². The van der Waals surface area contributed by atoms with E-state index >= 15 is 0 Å². The zero-order valence-corrected chi connectivity index (χ0v) is 19.1. The van der Waals surface area contributed by atoms with Gasteiger partial charge in [0.25, 0.3) is 0 Å². The van der Waals surface area contributed by atoms with Crippen molar-refractivity contribution in [3.63, 3.8) is 0 Å². The third kappa shape index (κ3) is 5.08. The van der Waals surface area contributed by atoms with Crippen LogP contribution in [0.15, 0.2) is 64.8 Å². The highest BCUT2D eigenvalue weighted by atomic mass is 32.2. The van der Waals surface area contributed by atoms with Gasteiger partial charge in [-0.2, -0.15) is 0 Å². The third-order valence-electron chi connectivity index (χ3n) is 5.82. The summed E-state index contributed by atoms with van der Waals surface area (Å²) in [6.45, 7) is 2.55. The van der Waals surface area contributed by atoms with Gasteiger partial charge in [-0.1, -0.05) is 13.0 Å². The van der Waals surface area contributed by atoms with Gasteiger partial charge in [0.1, 0.15) is 23.1 Å². The highest BCUT2D eigenvalue weighted by molar-refractivity contribution is 7.99. The normalized spacial score (nSPS) is 16.7. The highest BCUT2D eigenvalue weighted by Gasteiger charge is 2.54. The van der Waals surface area contributed by atoms with Crippen molar-refractivity contribution in [2.75, 3.05) is 28.6 Å². The van der Waals surface area contributed by atoms with E-state index in [9.17, 15) is 9.18 Å². The molecule has 1 saturated carbocycles. The van der Waals surface area contributed by atoms with E-state index in [1.54, 1.807) is 6.20 Å². The van der Waals surface area contributed by atoms with Gasteiger partial charge in [-0.3, -0.25) is 4.79 Å². The van der Waals surface area contributed by atoms with Crippen LogP contribution in [-0.2, 0) is 4.79 Å². The quantitative estimate of drug-likeness (QED) is 0.451. The molecule has 1 aliphatic heterocycles. The van der Waals surface area contributed by atoms with Crippen molar-refractivity contribution in [3.8, 4) is 0 Å². The Kier molecular flexibility index (Phi) is 5.88. The Morgan fingerprint density at radius 1 is 1.15 bits per heavy atom. The Bertz CT molecular complexity index is 1130. The van der Waals surface area contributed by atoms with E-state index in [1.807, 2.05) is 60.4 Å². The topological polar surface area (TPSA) is 83.0 Å². The maximum atomic E-state index is 14.9. The molecule has 0 bridgehead atoms. The van der Waals surface area contributed by atoms with Crippen molar-refractivity contribution in [1.29, 1.82) is 0 Å². The molecule has 1 saturated heterocycles. The first-order valence-corrected chi connectivity index (χ1v) is 11.9. The summed E-state index contributed by atoms with van der Waals surface area (Å²) in [5, 5.41) is 6.62. The molecule has 170 valence electrons. The summed E-state index contributed by atoms with van der Waals surface area (Å²) in [7, 11) is 0. The summed E-state index contributed by atoms with van der Waals surface area (Å²) in [5.74, 6) is 2.15. The molecule has 1 aromatic carbocycles. The van der Waals surface area contributed by atoms with Crippen LogP contribution in [-0.4, -0.2) is 39.6 Å². The lowest BCUT2D eigenvalue weighted by atomic mass is 9.91. The van der Waals surface area contributed by atoms with Gasteiger partial charge in [0.05, 0.1) is 13.1 Å². The van der Waals surface area contributed by atoms with Crippen molar-refractivity contribution in [2.45, 2.75) is 41.9 Å². The number of hydrogen-bond acceptors (Lipinski definition) is 7. The van der Waals surface area contributed by atoms with E-state index < -0.39 is 5.67 Å². The fraction of sp³-hybridized carbons (Fsp3) is 0.333. The first-order chi connectivity index (χ1) is 16.0. The third-order valence-corrected chi connectivity index (χ3v) is 6.69. The number of nitrogens with one attached hydrogen (secondary N) is 2. The second-order valence-electron chi connectivity index (χ2n) is 8.43. The van der Waals surface area contributed by atoms with Crippen LogP contribution in [0, 0.1) is 5.92 Å². The maximum Gasteiger partial charge on any atom is 0.224 e. The molecule has 1 aliphatic carbocycles.